The van der Waals surface area contributed by atoms with Gasteiger partial charge in [0.05, 0.1) is 0 Å². The van der Waals surface area contributed by atoms with Crippen LogP contribution in [-0.2, 0) is 9.53 Å². The lowest BCUT2D eigenvalue weighted by molar-refractivity contribution is -0.144. The second-order valence-electron chi connectivity index (χ2n) is 3.55. The number of esters is 1. The van der Waals surface area contributed by atoms with Gasteiger partial charge in [-0.25, -0.2) is 0 Å². The molecule has 3 heteroatoms. The third kappa shape index (κ3) is 9.85. The Balaban J connectivity index is 3.15. The van der Waals surface area contributed by atoms with E-state index in [0.717, 1.165) is 12.8 Å². The molecule has 1 unspecified atom stereocenters. The molecule has 0 saturated carbocycles. The van der Waals surface area contributed by atoms with Gasteiger partial charge in [-0.2, -0.15) is 0 Å². The van der Waals surface area contributed by atoms with E-state index in [1.54, 1.807) is 6.92 Å². The van der Waals surface area contributed by atoms with Gasteiger partial charge in [0.2, 0.25) is 0 Å². The van der Waals surface area contributed by atoms with Crippen molar-refractivity contribution in [3.05, 3.63) is 0 Å². The predicted octanol–water partition coefficient (Wildman–Crippen LogP) is 3.87. The smallest absolute Gasteiger partial charge is 0.307 e. The Bertz CT molecular complexity index is 146. The van der Waals surface area contributed by atoms with Gasteiger partial charge in [0.25, 0.3) is 0 Å². The number of carbonyl (C=O) groups is 1. The summed E-state index contributed by atoms with van der Waals surface area (Å²) in [6.45, 7) is 3.85. The van der Waals surface area contributed by atoms with Crippen LogP contribution in [0.2, 0.25) is 0 Å². The Morgan fingerprint density at radius 2 is 1.79 bits per heavy atom. The van der Waals surface area contributed by atoms with E-state index in [1.165, 1.54) is 25.7 Å². The third-order valence-corrected chi connectivity index (χ3v) is 2.12. The van der Waals surface area contributed by atoms with Gasteiger partial charge < -0.3 is 4.74 Å². The van der Waals surface area contributed by atoms with E-state index in [9.17, 15) is 4.79 Å². The first-order chi connectivity index (χ1) is 6.66. The Kier molecular flexibility index (Phi) is 9.16. The summed E-state index contributed by atoms with van der Waals surface area (Å²) in [6.07, 6.45) is 7.59. The van der Waals surface area contributed by atoms with E-state index in [4.69, 9.17) is 16.3 Å². The molecular formula is C11H21ClO2. The van der Waals surface area contributed by atoms with Crippen molar-refractivity contribution >= 4 is 17.6 Å². The zero-order chi connectivity index (χ0) is 10.8. The summed E-state index contributed by atoms with van der Waals surface area (Å²) in [7, 11) is 0. The van der Waals surface area contributed by atoms with Crippen LogP contribution in [0, 0.1) is 0 Å². The summed E-state index contributed by atoms with van der Waals surface area (Å²) in [5.74, 6) is -0.178. The summed E-state index contributed by atoms with van der Waals surface area (Å²) in [4.78, 5) is 11.0. The highest BCUT2D eigenvalue weighted by molar-refractivity contribution is 6.19. The highest BCUT2D eigenvalue weighted by Crippen LogP contribution is 2.08. The van der Waals surface area contributed by atoms with E-state index in [0.29, 0.717) is 6.42 Å². The number of unbranched alkanes of at least 4 members (excludes halogenated alkanes) is 5. The maximum absolute atomic E-state index is 11.0. The average Bonchev–Trinajstić information content (AvgIpc) is 2.10. The van der Waals surface area contributed by atoms with Crippen LogP contribution < -0.4 is 0 Å². The first-order valence-corrected chi connectivity index (χ1v) is 5.94. The minimum Gasteiger partial charge on any atom is -0.446 e. The maximum atomic E-state index is 11.0. The van der Waals surface area contributed by atoms with Crippen LogP contribution in [0.5, 0.6) is 0 Å². The summed E-state index contributed by atoms with van der Waals surface area (Å²) >= 11 is 5.51. The summed E-state index contributed by atoms with van der Waals surface area (Å²) in [6, 6.07) is 0. The van der Waals surface area contributed by atoms with Gasteiger partial charge in [-0.05, 0) is 13.3 Å². The summed E-state index contributed by atoms with van der Waals surface area (Å²) in [5.41, 5.74) is -0.498. The van der Waals surface area contributed by atoms with Crippen LogP contribution in [-0.4, -0.2) is 11.5 Å². The van der Waals surface area contributed by atoms with Gasteiger partial charge in [-0.15, -0.1) is 0 Å². The molecule has 0 spiro atoms. The molecule has 0 aromatic carbocycles. The minimum absolute atomic E-state index is 0.178. The van der Waals surface area contributed by atoms with E-state index in [-0.39, 0.29) is 5.97 Å². The number of hydrogen-bond donors (Lipinski definition) is 0. The highest BCUT2D eigenvalue weighted by atomic mass is 35.5. The fourth-order valence-electron chi connectivity index (χ4n) is 1.29. The Morgan fingerprint density at radius 3 is 2.36 bits per heavy atom. The van der Waals surface area contributed by atoms with Crippen LogP contribution in [0.3, 0.4) is 0 Å². The number of hydrogen-bond acceptors (Lipinski definition) is 2. The van der Waals surface area contributed by atoms with Gasteiger partial charge in [-0.3, -0.25) is 4.79 Å². The molecule has 0 rings (SSSR count). The minimum atomic E-state index is -0.498. The van der Waals surface area contributed by atoms with Crippen molar-refractivity contribution in [1.82, 2.24) is 0 Å². The van der Waals surface area contributed by atoms with Crippen LogP contribution >= 0.6 is 11.6 Å². The van der Waals surface area contributed by atoms with Crippen LogP contribution in [0.25, 0.3) is 0 Å². The third-order valence-electron chi connectivity index (χ3n) is 2.03. The number of ether oxygens (including phenoxy) is 1. The van der Waals surface area contributed by atoms with Gasteiger partial charge in [0.1, 0.15) is 0 Å². The lowest BCUT2D eigenvalue weighted by Gasteiger charge is -2.05. The number of alkyl halides is 1. The van der Waals surface area contributed by atoms with E-state index >= 15 is 0 Å². The van der Waals surface area contributed by atoms with Crippen molar-refractivity contribution in [3.8, 4) is 0 Å². The first-order valence-electron chi connectivity index (χ1n) is 5.50. The molecule has 0 aromatic rings. The second-order valence-corrected chi connectivity index (χ2v) is 4.17. The Morgan fingerprint density at radius 1 is 1.21 bits per heavy atom. The van der Waals surface area contributed by atoms with Crippen molar-refractivity contribution in [2.45, 2.75) is 64.4 Å². The molecule has 0 aliphatic heterocycles. The molecule has 0 bridgehead atoms. The number of halogens is 1. The molecule has 0 radical (unpaired) electrons. The standard InChI is InChI=1S/C11H21ClO2/c1-3-4-5-6-7-8-9-11(13)14-10(2)12/h10H,3-9H2,1-2H3. The van der Waals surface area contributed by atoms with Gasteiger partial charge in [-0.1, -0.05) is 50.6 Å². The second kappa shape index (κ2) is 9.32. The van der Waals surface area contributed by atoms with E-state index in [1.807, 2.05) is 0 Å². The van der Waals surface area contributed by atoms with Crippen LogP contribution in [0.4, 0.5) is 0 Å². The van der Waals surface area contributed by atoms with E-state index in [2.05, 4.69) is 6.92 Å². The molecule has 84 valence electrons. The Hall–Kier alpha value is -0.240. The van der Waals surface area contributed by atoms with E-state index < -0.39 is 5.56 Å². The lowest BCUT2D eigenvalue weighted by Crippen LogP contribution is -2.08. The molecule has 0 aliphatic rings. The number of rotatable bonds is 8. The molecule has 0 fully saturated rings. The molecule has 1 atom stereocenters. The van der Waals surface area contributed by atoms with Crippen LogP contribution in [0.15, 0.2) is 0 Å². The van der Waals surface area contributed by atoms with Crippen LogP contribution in [0.1, 0.15) is 58.8 Å². The summed E-state index contributed by atoms with van der Waals surface area (Å²) in [5, 5.41) is 0. The van der Waals surface area contributed by atoms with Gasteiger partial charge in [0.15, 0.2) is 5.56 Å². The normalized spacial score (nSPS) is 12.5. The van der Waals surface area contributed by atoms with Crippen molar-refractivity contribution in [3.63, 3.8) is 0 Å². The molecule has 0 aromatic heterocycles. The SMILES string of the molecule is CCCCCCCCC(=O)OC(C)Cl. The molecule has 14 heavy (non-hydrogen) atoms. The zero-order valence-electron chi connectivity index (χ0n) is 9.22. The van der Waals surface area contributed by atoms with Gasteiger partial charge >= 0.3 is 5.97 Å². The lowest BCUT2D eigenvalue weighted by atomic mass is 10.1. The molecule has 0 saturated heterocycles. The molecule has 0 N–H and O–H groups in total. The molecule has 0 amide bonds. The molecule has 0 aliphatic carbocycles. The van der Waals surface area contributed by atoms with Crippen molar-refractivity contribution in [2.24, 2.45) is 0 Å². The average molecular weight is 221 g/mol. The molecule has 2 nitrogen and oxygen atoms in total. The number of carbonyl (C=O) groups excluding carboxylic acids is 1. The van der Waals surface area contributed by atoms with Gasteiger partial charge in [0, 0.05) is 6.42 Å². The largest absolute Gasteiger partial charge is 0.446 e. The monoisotopic (exact) mass is 220 g/mol. The van der Waals surface area contributed by atoms with Crippen molar-refractivity contribution in [1.29, 1.82) is 0 Å². The topological polar surface area (TPSA) is 26.3 Å². The Labute approximate surface area is 92.0 Å². The molecular weight excluding hydrogens is 200 g/mol. The zero-order valence-corrected chi connectivity index (χ0v) is 9.98. The first kappa shape index (κ1) is 13.8. The maximum Gasteiger partial charge on any atom is 0.307 e. The highest BCUT2D eigenvalue weighted by Gasteiger charge is 2.05. The fourth-order valence-corrected chi connectivity index (χ4v) is 1.39. The molecule has 0 heterocycles. The quantitative estimate of drug-likeness (QED) is 0.353. The fraction of sp³-hybridized carbons (Fsp3) is 0.909. The predicted molar refractivity (Wildman–Crippen MR) is 59.4 cm³/mol. The van der Waals surface area contributed by atoms with Crippen molar-refractivity contribution in [2.75, 3.05) is 0 Å². The van der Waals surface area contributed by atoms with Crippen molar-refractivity contribution < 1.29 is 9.53 Å². The summed E-state index contributed by atoms with van der Waals surface area (Å²) < 4.78 is 4.80.